The van der Waals surface area contributed by atoms with Crippen molar-refractivity contribution < 1.29 is 14.7 Å². The molecule has 0 radical (unpaired) electrons. The summed E-state index contributed by atoms with van der Waals surface area (Å²) in [4.78, 5) is 23.9. The summed E-state index contributed by atoms with van der Waals surface area (Å²) >= 11 is 0. The van der Waals surface area contributed by atoms with Gasteiger partial charge in [-0.15, -0.1) is 0 Å². The lowest BCUT2D eigenvalue weighted by atomic mass is 9.85. The molecule has 0 spiro atoms. The molecule has 2 N–H and O–H groups in total. The minimum Gasteiger partial charge on any atom is -0.481 e. The highest BCUT2D eigenvalue weighted by Crippen LogP contribution is 2.25. The Balaban J connectivity index is 2.49. The van der Waals surface area contributed by atoms with Crippen LogP contribution in [0.2, 0.25) is 0 Å². The van der Waals surface area contributed by atoms with E-state index < -0.39 is 5.97 Å². The Labute approximate surface area is 95.8 Å². The minimum absolute atomic E-state index is 0.0628. The van der Waals surface area contributed by atoms with E-state index in [0.717, 1.165) is 19.4 Å². The summed E-state index contributed by atoms with van der Waals surface area (Å²) in [6.45, 7) is 3.40. The highest BCUT2D eigenvalue weighted by Gasteiger charge is 2.27. The summed E-state index contributed by atoms with van der Waals surface area (Å²) in [5.74, 6) is -0.323. The number of aliphatic carboxylic acids is 1. The van der Waals surface area contributed by atoms with Gasteiger partial charge in [-0.2, -0.15) is 0 Å². The molecule has 0 aliphatic carbocycles. The molecule has 0 aromatic heterocycles. The molecular weight excluding hydrogens is 208 g/mol. The lowest BCUT2D eigenvalue weighted by molar-refractivity contribution is -0.138. The standard InChI is InChI=1S/C11H20N2O3/c1-8(6-10(14)15)9-4-3-5-13(7-9)11(16)12-2/h8-9H,3-7H2,1-2H3,(H,12,16)(H,14,15). The Morgan fingerprint density at radius 2 is 2.25 bits per heavy atom. The molecule has 0 aromatic rings. The highest BCUT2D eigenvalue weighted by atomic mass is 16.4. The van der Waals surface area contributed by atoms with Crippen molar-refractivity contribution in [2.75, 3.05) is 20.1 Å². The molecule has 1 fully saturated rings. The maximum atomic E-state index is 11.5. The van der Waals surface area contributed by atoms with Crippen LogP contribution in [0.5, 0.6) is 0 Å². The van der Waals surface area contributed by atoms with E-state index in [1.54, 1.807) is 11.9 Å². The van der Waals surface area contributed by atoms with Gasteiger partial charge in [-0.25, -0.2) is 4.79 Å². The first-order valence-electron chi connectivity index (χ1n) is 5.73. The molecule has 1 aliphatic heterocycles. The van der Waals surface area contributed by atoms with Gasteiger partial charge in [0.2, 0.25) is 0 Å². The lowest BCUT2D eigenvalue weighted by Gasteiger charge is -2.35. The second-order valence-electron chi connectivity index (χ2n) is 4.48. The minimum atomic E-state index is -0.760. The molecule has 0 bridgehead atoms. The molecule has 1 heterocycles. The smallest absolute Gasteiger partial charge is 0.317 e. The zero-order valence-corrected chi connectivity index (χ0v) is 9.90. The summed E-state index contributed by atoms with van der Waals surface area (Å²) in [6.07, 6.45) is 2.16. The van der Waals surface area contributed by atoms with Crippen LogP contribution in [0.3, 0.4) is 0 Å². The Kier molecular flexibility index (Phi) is 4.58. The summed E-state index contributed by atoms with van der Waals surface area (Å²) in [5, 5.41) is 11.3. The number of carboxylic acid groups (broad SMARTS) is 1. The highest BCUT2D eigenvalue weighted by molar-refractivity contribution is 5.73. The second kappa shape index (κ2) is 5.72. The van der Waals surface area contributed by atoms with Crippen molar-refractivity contribution in [3.8, 4) is 0 Å². The molecule has 2 atom stereocenters. The van der Waals surface area contributed by atoms with E-state index in [4.69, 9.17) is 5.11 Å². The number of rotatable bonds is 3. The van der Waals surface area contributed by atoms with Crippen LogP contribution in [0.25, 0.3) is 0 Å². The van der Waals surface area contributed by atoms with Gasteiger partial charge in [0, 0.05) is 26.6 Å². The number of amides is 2. The van der Waals surface area contributed by atoms with Crippen molar-refractivity contribution in [2.45, 2.75) is 26.2 Å². The van der Waals surface area contributed by atoms with E-state index in [9.17, 15) is 9.59 Å². The van der Waals surface area contributed by atoms with Gasteiger partial charge in [-0.1, -0.05) is 6.92 Å². The van der Waals surface area contributed by atoms with Crippen molar-refractivity contribution in [1.82, 2.24) is 10.2 Å². The van der Waals surface area contributed by atoms with Crippen LogP contribution in [0.15, 0.2) is 0 Å². The van der Waals surface area contributed by atoms with Gasteiger partial charge in [-0.05, 0) is 24.7 Å². The number of piperidine rings is 1. The van der Waals surface area contributed by atoms with E-state index in [-0.39, 0.29) is 18.4 Å². The van der Waals surface area contributed by atoms with Crippen molar-refractivity contribution >= 4 is 12.0 Å². The van der Waals surface area contributed by atoms with Gasteiger partial charge < -0.3 is 15.3 Å². The summed E-state index contributed by atoms with van der Waals surface area (Å²) < 4.78 is 0. The average molecular weight is 228 g/mol. The molecule has 0 saturated carbocycles. The predicted molar refractivity (Wildman–Crippen MR) is 60.2 cm³/mol. The molecule has 5 heteroatoms. The molecule has 5 nitrogen and oxygen atoms in total. The number of carboxylic acids is 1. The van der Waals surface area contributed by atoms with Crippen LogP contribution >= 0.6 is 0 Å². The SMILES string of the molecule is CNC(=O)N1CCCC(C(C)CC(=O)O)C1. The van der Waals surface area contributed by atoms with Crippen LogP contribution in [0.4, 0.5) is 4.79 Å². The average Bonchev–Trinajstić information content (AvgIpc) is 2.27. The fourth-order valence-electron chi connectivity index (χ4n) is 2.26. The van der Waals surface area contributed by atoms with Crippen molar-refractivity contribution in [3.05, 3.63) is 0 Å². The number of likely N-dealkylation sites (tertiary alicyclic amines) is 1. The fraction of sp³-hybridized carbons (Fsp3) is 0.818. The van der Waals surface area contributed by atoms with Gasteiger partial charge >= 0.3 is 12.0 Å². The summed E-state index contributed by atoms with van der Waals surface area (Å²) in [7, 11) is 1.62. The van der Waals surface area contributed by atoms with Gasteiger partial charge in [-0.3, -0.25) is 4.79 Å². The largest absolute Gasteiger partial charge is 0.481 e. The molecule has 16 heavy (non-hydrogen) atoms. The third-order valence-electron chi connectivity index (χ3n) is 3.26. The number of nitrogens with zero attached hydrogens (tertiary/aromatic N) is 1. The molecule has 1 aliphatic rings. The number of carbonyl (C=O) groups is 2. The van der Waals surface area contributed by atoms with Gasteiger partial charge in [0.05, 0.1) is 0 Å². The van der Waals surface area contributed by atoms with E-state index in [0.29, 0.717) is 12.5 Å². The van der Waals surface area contributed by atoms with Crippen LogP contribution in [0.1, 0.15) is 26.2 Å². The molecular formula is C11H20N2O3. The summed E-state index contributed by atoms with van der Waals surface area (Å²) in [5.41, 5.74) is 0. The summed E-state index contributed by atoms with van der Waals surface area (Å²) in [6, 6.07) is -0.0628. The molecule has 0 aromatic carbocycles. The Morgan fingerprint density at radius 3 is 2.81 bits per heavy atom. The Hall–Kier alpha value is -1.26. The maximum absolute atomic E-state index is 11.5. The monoisotopic (exact) mass is 228 g/mol. The Morgan fingerprint density at radius 1 is 1.56 bits per heavy atom. The van der Waals surface area contributed by atoms with E-state index in [1.807, 2.05) is 6.92 Å². The van der Waals surface area contributed by atoms with E-state index >= 15 is 0 Å². The number of nitrogens with one attached hydrogen (secondary N) is 1. The quantitative estimate of drug-likeness (QED) is 0.761. The number of hydrogen-bond donors (Lipinski definition) is 2. The van der Waals surface area contributed by atoms with E-state index in [2.05, 4.69) is 5.32 Å². The van der Waals surface area contributed by atoms with Gasteiger partial charge in [0.1, 0.15) is 0 Å². The zero-order chi connectivity index (χ0) is 12.1. The van der Waals surface area contributed by atoms with Crippen LogP contribution in [0, 0.1) is 11.8 Å². The third kappa shape index (κ3) is 3.40. The van der Waals surface area contributed by atoms with Gasteiger partial charge in [0.15, 0.2) is 0 Å². The molecule has 2 unspecified atom stereocenters. The van der Waals surface area contributed by atoms with Crippen molar-refractivity contribution in [1.29, 1.82) is 0 Å². The molecule has 1 saturated heterocycles. The van der Waals surface area contributed by atoms with Crippen LogP contribution in [-0.2, 0) is 4.79 Å². The predicted octanol–water partition coefficient (Wildman–Crippen LogP) is 1.15. The van der Waals surface area contributed by atoms with E-state index in [1.165, 1.54) is 0 Å². The third-order valence-corrected chi connectivity index (χ3v) is 3.26. The zero-order valence-electron chi connectivity index (χ0n) is 9.90. The van der Waals surface area contributed by atoms with Crippen molar-refractivity contribution in [3.63, 3.8) is 0 Å². The Bertz CT molecular complexity index is 268. The maximum Gasteiger partial charge on any atom is 0.317 e. The topological polar surface area (TPSA) is 69.6 Å². The first-order chi connectivity index (χ1) is 7.54. The molecule has 92 valence electrons. The normalized spacial score (nSPS) is 22.6. The molecule has 2 amide bonds. The van der Waals surface area contributed by atoms with Crippen LogP contribution in [-0.4, -0.2) is 42.1 Å². The van der Waals surface area contributed by atoms with Crippen molar-refractivity contribution in [2.24, 2.45) is 11.8 Å². The number of carbonyl (C=O) groups excluding carboxylic acids is 1. The number of urea groups is 1. The first kappa shape index (κ1) is 12.8. The number of hydrogen-bond acceptors (Lipinski definition) is 2. The second-order valence-corrected chi connectivity index (χ2v) is 4.48. The van der Waals surface area contributed by atoms with Gasteiger partial charge in [0.25, 0.3) is 0 Å². The lowest BCUT2D eigenvalue weighted by Crippen LogP contribution is -2.45. The fourth-order valence-corrected chi connectivity index (χ4v) is 2.26. The first-order valence-corrected chi connectivity index (χ1v) is 5.73. The van der Waals surface area contributed by atoms with Crippen LogP contribution < -0.4 is 5.32 Å². The molecule has 1 rings (SSSR count).